The maximum atomic E-state index is 12.6. The first-order valence-electron chi connectivity index (χ1n) is 10.6. The first-order valence-corrected chi connectivity index (χ1v) is 11.5. The lowest BCUT2D eigenvalue weighted by atomic mass is 9.86. The first kappa shape index (κ1) is 20.7. The van der Waals surface area contributed by atoms with Gasteiger partial charge in [0.2, 0.25) is 5.91 Å². The highest BCUT2D eigenvalue weighted by atomic mass is 32.2. The van der Waals surface area contributed by atoms with Crippen LogP contribution in [-0.4, -0.2) is 32.5 Å². The van der Waals surface area contributed by atoms with Crippen molar-refractivity contribution in [1.29, 1.82) is 0 Å². The van der Waals surface area contributed by atoms with Crippen molar-refractivity contribution in [3.05, 3.63) is 54.0 Å². The zero-order valence-electron chi connectivity index (χ0n) is 17.5. The van der Waals surface area contributed by atoms with E-state index in [1.807, 2.05) is 31.2 Å². The molecule has 3 aromatic rings. The number of aromatic nitrogens is 3. The van der Waals surface area contributed by atoms with Gasteiger partial charge >= 0.3 is 0 Å². The molecule has 2 heterocycles. The van der Waals surface area contributed by atoms with Crippen LogP contribution in [0.3, 0.4) is 0 Å². The number of furan rings is 1. The van der Waals surface area contributed by atoms with E-state index in [0.29, 0.717) is 18.2 Å². The van der Waals surface area contributed by atoms with Gasteiger partial charge in [0.15, 0.2) is 11.0 Å². The molecule has 2 atom stereocenters. The second-order valence-corrected chi connectivity index (χ2v) is 8.94. The molecule has 1 N–H and O–H groups in total. The highest BCUT2D eigenvalue weighted by molar-refractivity contribution is 7.99. The van der Waals surface area contributed by atoms with E-state index in [1.165, 1.54) is 31.0 Å². The van der Waals surface area contributed by atoms with E-state index < -0.39 is 0 Å². The second kappa shape index (κ2) is 9.51. The molecule has 2 aromatic heterocycles. The molecule has 0 aliphatic heterocycles. The third-order valence-electron chi connectivity index (χ3n) is 5.79. The van der Waals surface area contributed by atoms with Gasteiger partial charge in [-0.2, -0.15) is 0 Å². The normalized spacial score (nSPS) is 19.0. The van der Waals surface area contributed by atoms with Gasteiger partial charge in [0.25, 0.3) is 0 Å². The van der Waals surface area contributed by atoms with Crippen LogP contribution >= 0.6 is 11.8 Å². The first-order chi connectivity index (χ1) is 14.6. The maximum absolute atomic E-state index is 12.6. The fraction of sp³-hybridized carbons (Fsp3) is 0.435. The number of carbonyl (C=O) groups is 1. The number of amides is 1. The van der Waals surface area contributed by atoms with Crippen LogP contribution in [0.2, 0.25) is 0 Å². The van der Waals surface area contributed by atoms with Gasteiger partial charge in [-0.15, -0.1) is 10.2 Å². The van der Waals surface area contributed by atoms with Crippen molar-refractivity contribution in [1.82, 2.24) is 20.1 Å². The monoisotopic (exact) mass is 424 g/mol. The maximum Gasteiger partial charge on any atom is 0.230 e. The number of nitrogens with one attached hydrogen (secondary N) is 1. The lowest BCUT2D eigenvalue weighted by Gasteiger charge is -2.29. The molecule has 0 saturated heterocycles. The highest BCUT2D eigenvalue weighted by Gasteiger charge is 2.23. The summed E-state index contributed by atoms with van der Waals surface area (Å²) >= 11 is 1.43. The summed E-state index contributed by atoms with van der Waals surface area (Å²) in [5, 5.41) is 12.8. The smallest absolute Gasteiger partial charge is 0.230 e. The number of carbonyl (C=O) groups excluding carboxylic acids is 1. The fourth-order valence-corrected chi connectivity index (χ4v) is 4.78. The van der Waals surface area contributed by atoms with Crippen molar-refractivity contribution in [2.45, 2.75) is 57.3 Å². The number of benzene rings is 1. The molecule has 1 aliphatic rings. The topological polar surface area (TPSA) is 72.9 Å². The summed E-state index contributed by atoms with van der Waals surface area (Å²) in [6, 6.07) is 12.4. The van der Waals surface area contributed by atoms with Crippen LogP contribution in [-0.2, 0) is 11.3 Å². The minimum absolute atomic E-state index is 0.0639. The Balaban J connectivity index is 1.50. The van der Waals surface area contributed by atoms with Gasteiger partial charge in [-0.1, -0.05) is 61.9 Å². The molecule has 0 bridgehead atoms. The van der Waals surface area contributed by atoms with Gasteiger partial charge in [0, 0.05) is 6.04 Å². The van der Waals surface area contributed by atoms with Crippen LogP contribution in [0.15, 0.2) is 52.2 Å². The van der Waals surface area contributed by atoms with Crippen LogP contribution < -0.4 is 5.32 Å². The average molecular weight is 425 g/mol. The van der Waals surface area contributed by atoms with Gasteiger partial charge in [-0.25, -0.2) is 0 Å². The molecule has 7 heteroatoms. The summed E-state index contributed by atoms with van der Waals surface area (Å²) < 4.78 is 7.54. The molecule has 1 fully saturated rings. The zero-order chi connectivity index (χ0) is 20.9. The van der Waals surface area contributed by atoms with Crippen molar-refractivity contribution in [2.24, 2.45) is 5.92 Å². The van der Waals surface area contributed by atoms with E-state index >= 15 is 0 Å². The molecule has 30 heavy (non-hydrogen) atoms. The van der Waals surface area contributed by atoms with E-state index in [9.17, 15) is 4.79 Å². The Kier molecular flexibility index (Phi) is 6.57. The molecule has 0 spiro atoms. The van der Waals surface area contributed by atoms with E-state index in [0.717, 1.165) is 34.3 Å². The van der Waals surface area contributed by atoms with Crippen LogP contribution in [0.1, 0.15) is 43.9 Å². The quantitative estimate of drug-likeness (QED) is 0.558. The lowest BCUT2D eigenvalue weighted by molar-refractivity contribution is -0.119. The second-order valence-electron chi connectivity index (χ2n) is 7.99. The predicted octanol–water partition coefficient (Wildman–Crippen LogP) is 4.68. The van der Waals surface area contributed by atoms with Crippen molar-refractivity contribution in [3.8, 4) is 11.4 Å². The molecule has 6 nitrogen and oxygen atoms in total. The SMILES string of the molecule is Cc1occc1-c1nnc(SCC(=O)N[C@@H]2CCCC[C@@H]2C)n1Cc1ccccc1. The fourth-order valence-electron chi connectivity index (χ4n) is 4.03. The molecule has 0 radical (unpaired) electrons. The van der Waals surface area contributed by atoms with E-state index in [1.54, 1.807) is 6.26 Å². The van der Waals surface area contributed by atoms with Crippen molar-refractivity contribution in [3.63, 3.8) is 0 Å². The molecule has 158 valence electrons. The molecule has 1 aliphatic carbocycles. The van der Waals surface area contributed by atoms with Crippen molar-refractivity contribution in [2.75, 3.05) is 5.75 Å². The number of thioether (sulfide) groups is 1. The Morgan fingerprint density at radius 2 is 2.00 bits per heavy atom. The van der Waals surface area contributed by atoms with Crippen LogP contribution in [0.25, 0.3) is 11.4 Å². The van der Waals surface area contributed by atoms with Crippen LogP contribution in [0.5, 0.6) is 0 Å². The highest BCUT2D eigenvalue weighted by Crippen LogP contribution is 2.28. The third-order valence-corrected chi connectivity index (χ3v) is 6.76. The van der Waals surface area contributed by atoms with Gasteiger partial charge in [0.05, 0.1) is 24.1 Å². The van der Waals surface area contributed by atoms with Gasteiger partial charge in [-0.3, -0.25) is 9.36 Å². The summed E-state index contributed by atoms with van der Waals surface area (Å²) in [5.41, 5.74) is 2.08. The van der Waals surface area contributed by atoms with Crippen molar-refractivity contribution < 1.29 is 9.21 Å². The molecule has 4 rings (SSSR count). The Hall–Kier alpha value is -2.54. The Morgan fingerprint density at radius 3 is 2.73 bits per heavy atom. The average Bonchev–Trinajstić information content (AvgIpc) is 3.34. The number of hydrogen-bond acceptors (Lipinski definition) is 5. The van der Waals surface area contributed by atoms with Crippen LogP contribution in [0.4, 0.5) is 0 Å². The lowest BCUT2D eigenvalue weighted by Crippen LogP contribution is -2.41. The Labute approximate surface area is 181 Å². The minimum atomic E-state index is 0.0639. The molecular formula is C23H28N4O2S. The third kappa shape index (κ3) is 4.78. The molecular weight excluding hydrogens is 396 g/mol. The Bertz CT molecular complexity index is 982. The van der Waals surface area contributed by atoms with E-state index in [4.69, 9.17) is 4.42 Å². The molecule has 1 saturated carbocycles. The Morgan fingerprint density at radius 1 is 1.20 bits per heavy atom. The zero-order valence-corrected chi connectivity index (χ0v) is 18.3. The summed E-state index contributed by atoms with van der Waals surface area (Å²) in [6.07, 6.45) is 6.39. The summed E-state index contributed by atoms with van der Waals surface area (Å²) in [7, 11) is 0. The number of rotatable bonds is 7. The molecule has 1 amide bonds. The van der Waals surface area contributed by atoms with E-state index in [2.05, 4.69) is 39.1 Å². The van der Waals surface area contributed by atoms with Crippen LogP contribution in [0, 0.1) is 12.8 Å². The standard InChI is InChI=1S/C23H28N4O2S/c1-16-8-6-7-11-20(16)24-21(28)15-30-23-26-25-22(19-12-13-29-17(19)2)27(23)14-18-9-4-3-5-10-18/h3-5,9-10,12-13,16,20H,6-8,11,14-15H2,1-2H3,(H,24,28)/t16-,20+/m0/s1. The predicted molar refractivity (Wildman–Crippen MR) is 118 cm³/mol. The molecule has 1 aromatic carbocycles. The summed E-state index contributed by atoms with van der Waals surface area (Å²) in [6.45, 7) is 4.78. The summed E-state index contributed by atoms with van der Waals surface area (Å²) in [5.74, 6) is 2.51. The minimum Gasteiger partial charge on any atom is -0.469 e. The summed E-state index contributed by atoms with van der Waals surface area (Å²) in [4.78, 5) is 12.6. The molecule has 0 unspecified atom stereocenters. The van der Waals surface area contributed by atoms with Gasteiger partial charge in [-0.05, 0) is 37.3 Å². The largest absolute Gasteiger partial charge is 0.469 e. The van der Waals surface area contributed by atoms with Gasteiger partial charge in [0.1, 0.15) is 5.76 Å². The van der Waals surface area contributed by atoms with Crippen molar-refractivity contribution >= 4 is 17.7 Å². The number of hydrogen-bond donors (Lipinski definition) is 1. The number of nitrogens with zero attached hydrogens (tertiary/aromatic N) is 3. The van der Waals surface area contributed by atoms with E-state index in [-0.39, 0.29) is 11.9 Å². The number of aryl methyl sites for hydroxylation is 1. The van der Waals surface area contributed by atoms with Gasteiger partial charge < -0.3 is 9.73 Å².